The van der Waals surface area contributed by atoms with Crippen LogP contribution in [0.3, 0.4) is 0 Å². The summed E-state index contributed by atoms with van der Waals surface area (Å²) in [6, 6.07) is 34.8. The number of H-pyrrole nitrogens is 1. The number of anilines is 3. The molecule has 0 saturated heterocycles. The average Bonchev–Trinajstić information content (AvgIpc) is 3.61. The standard InChI is InChI=1S/C29H19N5O4S/c35-33(36)25-17-23-24(18-26(25)34(37)38)31-29(30-23)28-16-15-27(39-28)19-11-13-22(14-12-19)32(20-7-3-1-4-8-20)21-9-5-2-6-10-21/h1-18H,(H,30,31). The van der Waals surface area contributed by atoms with Gasteiger partial charge in [0, 0.05) is 28.0 Å². The van der Waals surface area contributed by atoms with Crippen LogP contribution in [-0.4, -0.2) is 19.8 Å². The molecule has 0 unspecified atom stereocenters. The van der Waals surface area contributed by atoms with Crippen LogP contribution in [0, 0.1) is 20.2 Å². The molecule has 39 heavy (non-hydrogen) atoms. The van der Waals surface area contributed by atoms with E-state index in [1.165, 1.54) is 11.3 Å². The van der Waals surface area contributed by atoms with Gasteiger partial charge in [0.15, 0.2) is 0 Å². The zero-order chi connectivity index (χ0) is 26.9. The van der Waals surface area contributed by atoms with Crippen LogP contribution in [0.5, 0.6) is 0 Å². The van der Waals surface area contributed by atoms with Gasteiger partial charge in [-0.15, -0.1) is 11.3 Å². The summed E-state index contributed by atoms with van der Waals surface area (Å²) in [7, 11) is 0. The van der Waals surface area contributed by atoms with E-state index in [9.17, 15) is 20.2 Å². The molecule has 0 amide bonds. The van der Waals surface area contributed by atoms with Crippen molar-refractivity contribution in [2.75, 3.05) is 4.90 Å². The number of rotatable bonds is 7. The first-order valence-electron chi connectivity index (χ1n) is 11.9. The van der Waals surface area contributed by atoms with Crippen LogP contribution in [0.4, 0.5) is 28.4 Å². The largest absolute Gasteiger partial charge is 0.348 e. The fraction of sp³-hybridized carbons (Fsp3) is 0. The van der Waals surface area contributed by atoms with E-state index < -0.39 is 21.2 Å². The van der Waals surface area contributed by atoms with Gasteiger partial charge >= 0.3 is 11.4 Å². The molecule has 2 heterocycles. The van der Waals surface area contributed by atoms with Crippen molar-refractivity contribution in [3.8, 4) is 21.1 Å². The average molecular weight is 534 g/mol. The normalized spacial score (nSPS) is 11.0. The third kappa shape index (κ3) is 4.60. The molecule has 0 spiro atoms. The lowest BCUT2D eigenvalue weighted by Gasteiger charge is -2.25. The van der Waals surface area contributed by atoms with Crippen LogP contribution >= 0.6 is 11.3 Å². The number of nitro groups is 2. The second-order valence-corrected chi connectivity index (χ2v) is 9.76. The van der Waals surface area contributed by atoms with E-state index in [4.69, 9.17) is 0 Å². The minimum atomic E-state index is -0.768. The Labute approximate surface area is 225 Å². The van der Waals surface area contributed by atoms with Crippen LogP contribution < -0.4 is 4.90 Å². The summed E-state index contributed by atoms with van der Waals surface area (Å²) >= 11 is 1.51. The Morgan fingerprint density at radius 1 is 0.667 bits per heavy atom. The van der Waals surface area contributed by atoms with Crippen molar-refractivity contribution in [3.05, 3.63) is 129 Å². The fourth-order valence-electron chi connectivity index (χ4n) is 4.44. The number of thiophene rings is 1. The first kappa shape index (κ1) is 24.0. The summed E-state index contributed by atoms with van der Waals surface area (Å²) in [5.74, 6) is 0.493. The first-order chi connectivity index (χ1) is 19.0. The fourth-order valence-corrected chi connectivity index (χ4v) is 5.40. The number of nitrogens with zero attached hydrogens (tertiary/aromatic N) is 4. The number of hydrogen-bond donors (Lipinski definition) is 1. The molecule has 0 saturated carbocycles. The van der Waals surface area contributed by atoms with Crippen LogP contribution in [0.15, 0.2) is 109 Å². The lowest BCUT2D eigenvalue weighted by atomic mass is 10.1. The Hall–Kier alpha value is -5.35. The number of aromatic amines is 1. The maximum atomic E-state index is 11.3. The summed E-state index contributed by atoms with van der Waals surface area (Å²) < 4.78 is 0. The number of aromatic nitrogens is 2. The van der Waals surface area contributed by atoms with Crippen LogP contribution in [0.25, 0.3) is 32.2 Å². The third-order valence-electron chi connectivity index (χ3n) is 6.25. The lowest BCUT2D eigenvalue weighted by Crippen LogP contribution is -2.09. The van der Waals surface area contributed by atoms with Gasteiger partial charge in [0.25, 0.3) is 0 Å². The van der Waals surface area contributed by atoms with Crippen LogP contribution in [0.1, 0.15) is 0 Å². The topological polar surface area (TPSA) is 118 Å². The quantitative estimate of drug-likeness (QED) is 0.163. The molecular weight excluding hydrogens is 514 g/mol. The van der Waals surface area contributed by atoms with Gasteiger partial charge in [0.1, 0.15) is 5.82 Å². The van der Waals surface area contributed by atoms with E-state index in [0.717, 1.165) is 44.5 Å². The first-order valence-corrected chi connectivity index (χ1v) is 12.7. The molecule has 0 atom stereocenters. The molecule has 6 aromatic rings. The highest BCUT2D eigenvalue weighted by atomic mass is 32.1. The molecule has 4 aromatic carbocycles. The summed E-state index contributed by atoms with van der Waals surface area (Å²) in [6.07, 6.45) is 0. The van der Waals surface area contributed by atoms with Gasteiger partial charge in [0.2, 0.25) is 0 Å². The number of para-hydroxylation sites is 2. The smallest absolute Gasteiger partial charge is 0.337 e. The molecule has 9 nitrogen and oxygen atoms in total. The zero-order valence-electron chi connectivity index (χ0n) is 20.2. The van der Waals surface area contributed by atoms with Gasteiger partial charge in [-0.05, 0) is 54.1 Å². The summed E-state index contributed by atoms with van der Waals surface area (Å²) in [4.78, 5) is 32.6. The van der Waals surface area contributed by atoms with Crippen molar-refractivity contribution < 1.29 is 9.85 Å². The predicted octanol–water partition coefficient (Wildman–Crippen LogP) is 8.24. The highest BCUT2D eigenvalue weighted by molar-refractivity contribution is 7.18. The minimum absolute atomic E-state index is 0.295. The van der Waals surface area contributed by atoms with Gasteiger partial charge in [-0.3, -0.25) is 20.2 Å². The Bertz CT molecular complexity index is 1730. The van der Waals surface area contributed by atoms with Crippen molar-refractivity contribution >= 4 is 50.8 Å². The number of nitro benzene ring substituents is 2. The molecule has 2 aromatic heterocycles. The minimum Gasteiger partial charge on any atom is -0.337 e. The van der Waals surface area contributed by atoms with Crippen molar-refractivity contribution in [1.82, 2.24) is 9.97 Å². The molecule has 0 bridgehead atoms. The van der Waals surface area contributed by atoms with Gasteiger partial charge in [-0.2, -0.15) is 0 Å². The molecule has 6 rings (SSSR count). The maximum Gasteiger partial charge on any atom is 0.348 e. The predicted molar refractivity (Wildman–Crippen MR) is 153 cm³/mol. The molecule has 0 radical (unpaired) electrons. The van der Waals surface area contributed by atoms with Crippen molar-refractivity contribution in [2.45, 2.75) is 0 Å². The molecule has 0 fully saturated rings. The molecule has 0 aliphatic carbocycles. The Balaban J connectivity index is 1.32. The van der Waals surface area contributed by atoms with E-state index >= 15 is 0 Å². The highest BCUT2D eigenvalue weighted by Gasteiger charge is 2.26. The molecular formula is C29H19N5O4S. The maximum absolute atomic E-state index is 11.3. The molecule has 0 aliphatic heterocycles. The molecule has 0 aliphatic rings. The lowest BCUT2D eigenvalue weighted by molar-refractivity contribution is -0.422. The Morgan fingerprint density at radius 3 is 1.79 bits per heavy atom. The van der Waals surface area contributed by atoms with Gasteiger partial charge in [-0.1, -0.05) is 48.5 Å². The third-order valence-corrected chi connectivity index (χ3v) is 7.39. The van der Waals surface area contributed by atoms with Gasteiger partial charge in [-0.25, -0.2) is 4.98 Å². The van der Waals surface area contributed by atoms with Gasteiger partial charge in [0.05, 0.1) is 31.8 Å². The molecule has 190 valence electrons. The number of imidazole rings is 1. The Kier molecular flexibility index (Phi) is 6.06. The monoisotopic (exact) mass is 533 g/mol. The van der Waals surface area contributed by atoms with Crippen molar-refractivity contribution in [3.63, 3.8) is 0 Å². The summed E-state index contributed by atoms with van der Waals surface area (Å²) in [5, 5.41) is 22.6. The second kappa shape index (κ2) is 9.84. The highest BCUT2D eigenvalue weighted by Crippen LogP contribution is 2.39. The van der Waals surface area contributed by atoms with E-state index in [0.29, 0.717) is 16.9 Å². The van der Waals surface area contributed by atoms with Crippen molar-refractivity contribution in [2.24, 2.45) is 0 Å². The SMILES string of the molecule is O=[N+]([O-])c1cc2nc(-c3ccc(-c4ccc(N(c5ccccc5)c5ccccc5)cc4)s3)[nH]c2cc1[N+](=O)[O-]. The number of nitrogens with one attached hydrogen (secondary N) is 1. The molecule has 1 N–H and O–H groups in total. The molecule has 10 heteroatoms. The summed E-state index contributed by atoms with van der Waals surface area (Å²) in [5.41, 5.74) is 3.66. The van der Waals surface area contributed by atoms with Crippen LogP contribution in [-0.2, 0) is 0 Å². The van der Waals surface area contributed by atoms with Gasteiger partial charge < -0.3 is 9.88 Å². The number of benzene rings is 4. The summed E-state index contributed by atoms with van der Waals surface area (Å²) in [6.45, 7) is 0. The van der Waals surface area contributed by atoms with E-state index in [-0.39, 0.29) is 0 Å². The zero-order valence-corrected chi connectivity index (χ0v) is 21.0. The number of hydrogen-bond acceptors (Lipinski definition) is 7. The number of fused-ring (bicyclic) bond motifs is 1. The van der Waals surface area contributed by atoms with E-state index in [2.05, 4.69) is 63.4 Å². The van der Waals surface area contributed by atoms with E-state index in [1.807, 2.05) is 48.5 Å². The van der Waals surface area contributed by atoms with E-state index in [1.54, 1.807) is 0 Å². The van der Waals surface area contributed by atoms with Crippen molar-refractivity contribution in [1.29, 1.82) is 0 Å². The van der Waals surface area contributed by atoms with Crippen LogP contribution in [0.2, 0.25) is 0 Å². The Morgan fingerprint density at radius 2 is 1.21 bits per heavy atom. The second-order valence-electron chi connectivity index (χ2n) is 8.67.